The van der Waals surface area contributed by atoms with Crippen molar-refractivity contribution in [3.05, 3.63) is 88.5 Å². The van der Waals surface area contributed by atoms with Gasteiger partial charge in [-0.1, -0.05) is 12.1 Å². The molecule has 2 aromatic carbocycles. The summed E-state index contributed by atoms with van der Waals surface area (Å²) >= 11 is 0. The van der Waals surface area contributed by atoms with E-state index >= 15 is 0 Å². The van der Waals surface area contributed by atoms with Crippen molar-refractivity contribution in [2.75, 3.05) is 13.7 Å². The standard InChI is InChI=1S/C24H21FN2O5/c1-14-5-7-16(13-18(14)25)24(9-11-32-19-4-3-10-26-21(19)24)27-22(28)17-8-6-15(23(29)30)12-20(17)31-2/h3-8,10,12-13H,9,11H2,1-2H3,(H,27,28)(H,29,30)/t24-/m0/s1. The highest BCUT2D eigenvalue weighted by Crippen LogP contribution is 2.41. The first kappa shape index (κ1) is 21.3. The number of nitrogens with one attached hydrogen (secondary N) is 1. The number of nitrogens with zero attached hydrogens (tertiary/aromatic N) is 1. The molecule has 0 saturated carbocycles. The van der Waals surface area contributed by atoms with Crippen LogP contribution in [0.2, 0.25) is 0 Å². The molecule has 0 aliphatic carbocycles. The normalized spacial score (nSPS) is 17.1. The number of benzene rings is 2. The van der Waals surface area contributed by atoms with Gasteiger partial charge in [-0.3, -0.25) is 9.78 Å². The minimum absolute atomic E-state index is 0.00759. The van der Waals surface area contributed by atoms with Gasteiger partial charge < -0.3 is 19.9 Å². The first-order valence-corrected chi connectivity index (χ1v) is 9.94. The predicted octanol–water partition coefficient (Wildman–Crippen LogP) is 3.69. The second-order valence-corrected chi connectivity index (χ2v) is 7.49. The first-order chi connectivity index (χ1) is 15.4. The molecule has 2 N–H and O–H groups in total. The number of hydrogen-bond donors (Lipinski definition) is 2. The number of fused-ring (bicyclic) bond motifs is 1. The molecular weight excluding hydrogens is 415 g/mol. The fourth-order valence-corrected chi connectivity index (χ4v) is 3.87. The third-order valence-corrected chi connectivity index (χ3v) is 5.59. The fraction of sp³-hybridized carbons (Fsp3) is 0.208. The van der Waals surface area contributed by atoms with Gasteiger partial charge in [-0.05, 0) is 54.4 Å². The Hall–Kier alpha value is -3.94. The number of rotatable bonds is 5. The molecule has 7 nitrogen and oxygen atoms in total. The molecule has 1 amide bonds. The second-order valence-electron chi connectivity index (χ2n) is 7.49. The van der Waals surface area contributed by atoms with Crippen LogP contribution in [0.4, 0.5) is 4.39 Å². The minimum atomic E-state index is -1.16. The number of halogens is 1. The fourth-order valence-electron chi connectivity index (χ4n) is 3.87. The van der Waals surface area contributed by atoms with Gasteiger partial charge in [0.05, 0.1) is 24.8 Å². The van der Waals surface area contributed by atoms with Crippen molar-refractivity contribution in [3.63, 3.8) is 0 Å². The number of carboxylic acids is 1. The second kappa shape index (κ2) is 8.30. The summed E-state index contributed by atoms with van der Waals surface area (Å²) < 4.78 is 25.5. The van der Waals surface area contributed by atoms with Crippen molar-refractivity contribution in [2.45, 2.75) is 18.9 Å². The third kappa shape index (κ3) is 3.64. The zero-order chi connectivity index (χ0) is 22.9. The van der Waals surface area contributed by atoms with Crippen LogP contribution < -0.4 is 14.8 Å². The number of aromatic nitrogens is 1. The van der Waals surface area contributed by atoms with Gasteiger partial charge in [0.2, 0.25) is 0 Å². The highest BCUT2D eigenvalue weighted by atomic mass is 19.1. The summed E-state index contributed by atoms with van der Waals surface area (Å²) in [5.74, 6) is -1.44. The van der Waals surface area contributed by atoms with Gasteiger partial charge in [0.1, 0.15) is 28.5 Å². The van der Waals surface area contributed by atoms with Crippen LogP contribution in [0, 0.1) is 12.7 Å². The van der Waals surface area contributed by atoms with Gasteiger partial charge >= 0.3 is 5.97 Å². The zero-order valence-electron chi connectivity index (χ0n) is 17.5. The van der Waals surface area contributed by atoms with Gasteiger partial charge in [0, 0.05) is 12.6 Å². The maximum atomic E-state index is 14.5. The number of pyridine rings is 1. The largest absolute Gasteiger partial charge is 0.496 e. The van der Waals surface area contributed by atoms with E-state index in [2.05, 4.69) is 10.3 Å². The van der Waals surface area contributed by atoms with E-state index in [9.17, 15) is 19.1 Å². The Labute approximate surface area is 183 Å². The number of hydrogen-bond acceptors (Lipinski definition) is 5. The number of ether oxygens (including phenoxy) is 2. The molecule has 0 fully saturated rings. The van der Waals surface area contributed by atoms with Gasteiger partial charge in [-0.25, -0.2) is 9.18 Å². The molecular formula is C24H21FN2O5. The Bertz CT molecular complexity index is 1210. The summed E-state index contributed by atoms with van der Waals surface area (Å²) in [6.07, 6.45) is 1.90. The van der Waals surface area contributed by atoms with Crippen LogP contribution in [0.25, 0.3) is 0 Å². The molecule has 0 bridgehead atoms. The van der Waals surface area contributed by atoms with Crippen molar-refractivity contribution in [1.29, 1.82) is 0 Å². The Morgan fingerprint density at radius 2 is 2.03 bits per heavy atom. The Kier molecular flexibility index (Phi) is 5.52. The number of amides is 1. The number of aryl methyl sites for hydroxylation is 1. The number of aromatic carboxylic acids is 1. The summed E-state index contributed by atoms with van der Waals surface area (Å²) in [4.78, 5) is 29.2. The molecule has 0 unspecified atom stereocenters. The highest BCUT2D eigenvalue weighted by Gasteiger charge is 2.43. The minimum Gasteiger partial charge on any atom is -0.496 e. The van der Waals surface area contributed by atoms with E-state index in [1.807, 2.05) is 0 Å². The van der Waals surface area contributed by atoms with E-state index in [4.69, 9.17) is 9.47 Å². The third-order valence-electron chi connectivity index (χ3n) is 5.59. The molecule has 8 heteroatoms. The number of carbonyl (C=O) groups excluding carboxylic acids is 1. The number of carbonyl (C=O) groups is 2. The molecule has 1 atom stereocenters. The maximum absolute atomic E-state index is 14.5. The molecule has 164 valence electrons. The molecule has 4 rings (SSSR count). The first-order valence-electron chi connectivity index (χ1n) is 9.94. The van der Waals surface area contributed by atoms with Crippen molar-refractivity contribution >= 4 is 11.9 Å². The lowest BCUT2D eigenvalue weighted by Gasteiger charge is -2.39. The van der Waals surface area contributed by atoms with Crippen LogP contribution >= 0.6 is 0 Å². The van der Waals surface area contributed by atoms with Crippen molar-refractivity contribution in [1.82, 2.24) is 10.3 Å². The summed E-state index contributed by atoms with van der Waals surface area (Å²) in [5, 5.41) is 12.2. The van der Waals surface area contributed by atoms with Gasteiger partial charge in [0.25, 0.3) is 5.91 Å². The monoisotopic (exact) mass is 436 g/mol. The molecule has 1 aliphatic rings. The average molecular weight is 436 g/mol. The highest BCUT2D eigenvalue weighted by molar-refractivity contribution is 5.99. The summed E-state index contributed by atoms with van der Waals surface area (Å²) in [6, 6.07) is 12.3. The van der Waals surface area contributed by atoms with Crippen molar-refractivity contribution in [3.8, 4) is 11.5 Å². The quantitative estimate of drug-likeness (QED) is 0.633. The Morgan fingerprint density at radius 1 is 1.22 bits per heavy atom. The molecule has 1 aromatic heterocycles. The summed E-state index contributed by atoms with van der Waals surface area (Å²) in [7, 11) is 1.36. The SMILES string of the molecule is COc1cc(C(=O)O)ccc1C(=O)N[C@]1(c2ccc(C)c(F)c2)CCOc2cccnc21. The molecule has 0 spiro atoms. The van der Waals surface area contributed by atoms with Crippen LogP contribution in [0.1, 0.15) is 44.0 Å². The molecule has 2 heterocycles. The lowest BCUT2D eigenvalue weighted by molar-refractivity contribution is 0.0695. The Morgan fingerprint density at radius 3 is 2.75 bits per heavy atom. The number of carboxylic acid groups (broad SMARTS) is 1. The molecule has 0 saturated heterocycles. The van der Waals surface area contributed by atoms with E-state index in [0.717, 1.165) is 0 Å². The summed E-state index contributed by atoms with van der Waals surface area (Å²) in [5.41, 5.74) is 0.453. The lowest BCUT2D eigenvalue weighted by atomic mass is 9.80. The van der Waals surface area contributed by atoms with Crippen LogP contribution in [-0.2, 0) is 5.54 Å². The van der Waals surface area contributed by atoms with Crippen molar-refractivity contribution < 1.29 is 28.6 Å². The predicted molar refractivity (Wildman–Crippen MR) is 114 cm³/mol. The Balaban J connectivity index is 1.84. The van der Waals surface area contributed by atoms with E-state index in [0.29, 0.717) is 29.0 Å². The smallest absolute Gasteiger partial charge is 0.335 e. The molecule has 32 heavy (non-hydrogen) atoms. The molecule has 0 radical (unpaired) electrons. The van der Waals surface area contributed by atoms with E-state index < -0.39 is 23.2 Å². The average Bonchev–Trinajstić information content (AvgIpc) is 2.80. The van der Waals surface area contributed by atoms with Crippen LogP contribution in [0.15, 0.2) is 54.7 Å². The topological polar surface area (TPSA) is 97.8 Å². The van der Waals surface area contributed by atoms with Gasteiger partial charge in [0.15, 0.2) is 0 Å². The van der Waals surface area contributed by atoms with E-state index in [1.54, 1.807) is 37.4 Å². The molecule has 3 aromatic rings. The van der Waals surface area contributed by atoms with Crippen LogP contribution in [-0.4, -0.2) is 35.7 Å². The molecule has 1 aliphatic heterocycles. The maximum Gasteiger partial charge on any atom is 0.335 e. The summed E-state index contributed by atoms with van der Waals surface area (Å²) in [6.45, 7) is 1.94. The zero-order valence-corrected chi connectivity index (χ0v) is 17.5. The van der Waals surface area contributed by atoms with E-state index in [-0.39, 0.29) is 23.5 Å². The van der Waals surface area contributed by atoms with E-state index in [1.165, 1.54) is 31.4 Å². The lowest BCUT2D eigenvalue weighted by Crippen LogP contribution is -2.50. The number of methoxy groups -OCH3 is 1. The van der Waals surface area contributed by atoms with Crippen molar-refractivity contribution in [2.24, 2.45) is 0 Å². The van der Waals surface area contributed by atoms with Gasteiger partial charge in [-0.15, -0.1) is 0 Å². The van der Waals surface area contributed by atoms with Crippen LogP contribution in [0.5, 0.6) is 11.5 Å². The van der Waals surface area contributed by atoms with Gasteiger partial charge in [-0.2, -0.15) is 0 Å². The van der Waals surface area contributed by atoms with Crippen LogP contribution in [0.3, 0.4) is 0 Å².